The molecule has 0 aliphatic rings. The maximum absolute atomic E-state index is 8.79. The third-order valence-corrected chi connectivity index (χ3v) is 0.822. The molecule has 0 aromatic heterocycles. The highest BCUT2D eigenvalue weighted by atomic mass is 35.5. The number of hydrogen-bond donors (Lipinski definition) is 2. The Balaban J connectivity index is 3.39. The molecule has 0 spiro atoms. The van der Waals surface area contributed by atoms with Gasteiger partial charge >= 0.3 is 0 Å². The van der Waals surface area contributed by atoms with Crippen molar-refractivity contribution in [1.29, 1.82) is 0 Å². The van der Waals surface area contributed by atoms with Gasteiger partial charge in [0.2, 0.25) is 0 Å². The quantitative estimate of drug-likeness (QED) is 0.552. The van der Waals surface area contributed by atoms with Gasteiger partial charge < -0.3 is 10.2 Å². The second-order valence-corrected chi connectivity index (χ2v) is 3.01. The standard InChI is InChI=1S/C5H11ClO2/c1-4(7)3-5(2,6)8/h4,7-8H,3H2,1-2H3. The van der Waals surface area contributed by atoms with Crippen LogP contribution in [0.3, 0.4) is 0 Å². The second kappa shape index (κ2) is 2.67. The van der Waals surface area contributed by atoms with E-state index < -0.39 is 11.2 Å². The molecule has 3 heteroatoms. The third kappa shape index (κ3) is 6.21. The number of alkyl halides is 1. The average Bonchev–Trinajstić information content (AvgIpc) is 1.21. The SMILES string of the molecule is CC(O)CC(C)(O)Cl. The molecule has 0 bridgehead atoms. The average molecular weight is 139 g/mol. The van der Waals surface area contributed by atoms with Gasteiger partial charge in [-0.05, 0) is 13.8 Å². The molecule has 0 aromatic carbocycles. The van der Waals surface area contributed by atoms with E-state index in [0.29, 0.717) is 0 Å². The highest BCUT2D eigenvalue weighted by Gasteiger charge is 2.17. The molecule has 0 aromatic rings. The molecule has 0 aliphatic heterocycles. The lowest BCUT2D eigenvalue weighted by atomic mass is 10.2. The van der Waals surface area contributed by atoms with Crippen LogP contribution >= 0.6 is 11.6 Å². The number of aliphatic hydroxyl groups excluding tert-OH is 1. The predicted octanol–water partition coefficient (Wildman–Crippen LogP) is 0.705. The van der Waals surface area contributed by atoms with Crippen molar-refractivity contribution in [2.45, 2.75) is 31.4 Å². The van der Waals surface area contributed by atoms with Crippen molar-refractivity contribution in [3.05, 3.63) is 0 Å². The first-order valence-corrected chi connectivity index (χ1v) is 2.89. The summed E-state index contributed by atoms with van der Waals surface area (Å²) < 4.78 is 0. The fraction of sp³-hybridized carbons (Fsp3) is 1.00. The zero-order valence-corrected chi connectivity index (χ0v) is 5.81. The van der Waals surface area contributed by atoms with Crippen LogP contribution in [0.15, 0.2) is 0 Å². The van der Waals surface area contributed by atoms with Crippen molar-refractivity contribution in [3.8, 4) is 0 Å². The normalized spacial score (nSPS) is 22.1. The van der Waals surface area contributed by atoms with Gasteiger partial charge in [0.1, 0.15) is 5.06 Å². The Morgan fingerprint density at radius 1 is 1.75 bits per heavy atom. The molecule has 2 unspecified atom stereocenters. The van der Waals surface area contributed by atoms with Crippen LogP contribution in [0.4, 0.5) is 0 Å². The summed E-state index contributed by atoms with van der Waals surface area (Å²) in [6.45, 7) is 3.03. The minimum absolute atomic E-state index is 0.203. The second-order valence-electron chi connectivity index (χ2n) is 2.20. The summed E-state index contributed by atoms with van der Waals surface area (Å²) >= 11 is 5.32. The minimum Gasteiger partial charge on any atom is -0.393 e. The highest BCUT2D eigenvalue weighted by molar-refractivity contribution is 6.22. The molecule has 0 saturated heterocycles. The van der Waals surface area contributed by atoms with Gasteiger partial charge in [0.15, 0.2) is 0 Å². The molecule has 50 valence electrons. The van der Waals surface area contributed by atoms with Crippen LogP contribution in [0.25, 0.3) is 0 Å². The fourth-order valence-electron chi connectivity index (χ4n) is 0.539. The van der Waals surface area contributed by atoms with E-state index in [1.165, 1.54) is 6.92 Å². The molecule has 0 rings (SSSR count). The first-order valence-electron chi connectivity index (χ1n) is 2.51. The van der Waals surface area contributed by atoms with E-state index in [9.17, 15) is 0 Å². The van der Waals surface area contributed by atoms with Gasteiger partial charge in [0.05, 0.1) is 6.10 Å². The van der Waals surface area contributed by atoms with E-state index in [4.69, 9.17) is 21.8 Å². The summed E-state index contributed by atoms with van der Waals surface area (Å²) in [6.07, 6.45) is -0.336. The summed E-state index contributed by atoms with van der Waals surface area (Å²) in [6, 6.07) is 0. The molecule has 2 nitrogen and oxygen atoms in total. The predicted molar refractivity (Wildman–Crippen MR) is 32.8 cm³/mol. The number of hydrogen-bond acceptors (Lipinski definition) is 2. The van der Waals surface area contributed by atoms with Crippen LogP contribution in [0.1, 0.15) is 20.3 Å². The smallest absolute Gasteiger partial charge is 0.138 e. The summed E-state index contributed by atoms with van der Waals surface area (Å²) in [5, 5.41) is 16.2. The molecule has 8 heavy (non-hydrogen) atoms. The van der Waals surface area contributed by atoms with Crippen LogP contribution in [0.2, 0.25) is 0 Å². The number of rotatable bonds is 2. The van der Waals surface area contributed by atoms with E-state index in [0.717, 1.165) is 0 Å². The van der Waals surface area contributed by atoms with E-state index in [1.54, 1.807) is 6.92 Å². The van der Waals surface area contributed by atoms with Crippen LogP contribution in [0.5, 0.6) is 0 Å². The Bertz CT molecular complexity index is 65.3. The van der Waals surface area contributed by atoms with Crippen molar-refractivity contribution in [2.75, 3.05) is 0 Å². The van der Waals surface area contributed by atoms with E-state index in [2.05, 4.69) is 0 Å². The van der Waals surface area contributed by atoms with Gasteiger partial charge in [0, 0.05) is 6.42 Å². The topological polar surface area (TPSA) is 40.5 Å². The first-order chi connectivity index (χ1) is 3.42. The summed E-state index contributed by atoms with van der Waals surface area (Å²) in [4.78, 5) is 0. The number of aliphatic hydroxyl groups is 2. The lowest BCUT2D eigenvalue weighted by Gasteiger charge is -2.15. The molecule has 0 heterocycles. The van der Waals surface area contributed by atoms with Crippen molar-refractivity contribution < 1.29 is 10.2 Å². The molecule has 2 N–H and O–H groups in total. The maximum atomic E-state index is 8.79. The minimum atomic E-state index is -1.26. The van der Waals surface area contributed by atoms with Gasteiger partial charge in [-0.1, -0.05) is 11.6 Å². The van der Waals surface area contributed by atoms with Crippen molar-refractivity contribution in [2.24, 2.45) is 0 Å². The molecular formula is C5H11ClO2. The Kier molecular flexibility index (Phi) is 2.74. The van der Waals surface area contributed by atoms with Crippen LogP contribution in [-0.4, -0.2) is 21.4 Å². The lowest BCUT2D eigenvalue weighted by Crippen LogP contribution is -2.21. The Hall–Kier alpha value is 0.210. The monoisotopic (exact) mass is 138 g/mol. The molecule has 0 amide bonds. The molecule has 0 aliphatic carbocycles. The summed E-state index contributed by atoms with van der Waals surface area (Å²) in [5.74, 6) is 0. The first kappa shape index (κ1) is 8.21. The largest absolute Gasteiger partial charge is 0.393 e. The van der Waals surface area contributed by atoms with Crippen molar-refractivity contribution in [3.63, 3.8) is 0 Å². The van der Waals surface area contributed by atoms with Gasteiger partial charge in [-0.15, -0.1) is 0 Å². The molecule has 2 atom stereocenters. The molecule has 0 saturated carbocycles. The van der Waals surface area contributed by atoms with Crippen LogP contribution in [0, 0.1) is 0 Å². The van der Waals surface area contributed by atoms with Crippen LogP contribution < -0.4 is 0 Å². The van der Waals surface area contributed by atoms with E-state index in [1.807, 2.05) is 0 Å². The third-order valence-electron chi connectivity index (χ3n) is 0.668. The van der Waals surface area contributed by atoms with Crippen LogP contribution in [-0.2, 0) is 0 Å². The van der Waals surface area contributed by atoms with E-state index in [-0.39, 0.29) is 6.42 Å². The zero-order valence-electron chi connectivity index (χ0n) is 5.06. The zero-order chi connectivity index (χ0) is 6.78. The van der Waals surface area contributed by atoms with Gasteiger partial charge in [0.25, 0.3) is 0 Å². The maximum Gasteiger partial charge on any atom is 0.138 e. The highest BCUT2D eigenvalue weighted by Crippen LogP contribution is 2.15. The molecule has 0 fully saturated rings. The van der Waals surface area contributed by atoms with Gasteiger partial charge in [-0.2, -0.15) is 0 Å². The summed E-state index contributed by atoms with van der Waals surface area (Å²) in [5.41, 5.74) is 0. The Morgan fingerprint density at radius 2 is 2.12 bits per heavy atom. The van der Waals surface area contributed by atoms with Crippen molar-refractivity contribution in [1.82, 2.24) is 0 Å². The Labute approximate surface area is 54.1 Å². The molecule has 0 radical (unpaired) electrons. The van der Waals surface area contributed by atoms with Crippen molar-refractivity contribution >= 4 is 11.6 Å². The van der Waals surface area contributed by atoms with Gasteiger partial charge in [-0.3, -0.25) is 0 Å². The van der Waals surface area contributed by atoms with Gasteiger partial charge in [-0.25, -0.2) is 0 Å². The molecular weight excluding hydrogens is 128 g/mol. The fourth-order valence-corrected chi connectivity index (χ4v) is 0.762. The Morgan fingerprint density at radius 3 is 2.12 bits per heavy atom. The summed E-state index contributed by atoms with van der Waals surface area (Å²) in [7, 11) is 0. The lowest BCUT2D eigenvalue weighted by molar-refractivity contribution is 0.0733. The van der Waals surface area contributed by atoms with E-state index >= 15 is 0 Å². The number of halogens is 1.